The van der Waals surface area contributed by atoms with Crippen molar-refractivity contribution in [1.29, 1.82) is 0 Å². The molecule has 2 aliphatic heterocycles. The second-order valence-electron chi connectivity index (χ2n) is 9.12. The van der Waals surface area contributed by atoms with Crippen LogP contribution >= 0.6 is 0 Å². The normalized spacial score (nSPS) is 19.8. The average Bonchev–Trinajstić information content (AvgIpc) is 3.39. The number of ether oxygens (including phenoxy) is 1. The number of aromatic nitrogens is 1. The summed E-state index contributed by atoms with van der Waals surface area (Å²) in [6.45, 7) is 3.36. The predicted molar refractivity (Wildman–Crippen MR) is 124 cm³/mol. The summed E-state index contributed by atoms with van der Waals surface area (Å²) in [7, 11) is 0. The lowest BCUT2D eigenvalue weighted by molar-refractivity contribution is -0.146. The second-order valence-corrected chi connectivity index (χ2v) is 9.12. The molecule has 0 aliphatic carbocycles. The molecule has 3 heterocycles. The van der Waals surface area contributed by atoms with Crippen molar-refractivity contribution in [1.82, 2.24) is 9.88 Å². The number of para-hydroxylation sites is 1. The SMILES string of the molecule is Cc1c(-c2ccc(C(F)(F)C3CCN(C(=O)[C@H]4CCCO4)CC3)cc2)cnc2ccccc12. The van der Waals surface area contributed by atoms with E-state index in [1.807, 2.05) is 37.4 Å². The van der Waals surface area contributed by atoms with Gasteiger partial charge in [0.25, 0.3) is 11.8 Å². The van der Waals surface area contributed by atoms with E-state index in [1.54, 1.807) is 17.0 Å². The fraction of sp³-hybridized carbons (Fsp3) is 0.407. The maximum Gasteiger partial charge on any atom is 0.276 e. The van der Waals surface area contributed by atoms with E-state index < -0.39 is 11.8 Å². The van der Waals surface area contributed by atoms with Crippen molar-refractivity contribution >= 4 is 16.8 Å². The summed E-state index contributed by atoms with van der Waals surface area (Å²) >= 11 is 0. The number of rotatable bonds is 4. The molecular formula is C27H28F2N2O2. The van der Waals surface area contributed by atoms with Crippen LogP contribution in [0.15, 0.2) is 54.7 Å². The molecule has 33 heavy (non-hydrogen) atoms. The summed E-state index contributed by atoms with van der Waals surface area (Å²) < 4.78 is 36.2. The maximum atomic E-state index is 15.4. The maximum absolute atomic E-state index is 15.4. The Morgan fingerprint density at radius 1 is 1.06 bits per heavy atom. The summed E-state index contributed by atoms with van der Waals surface area (Å²) in [6, 6.07) is 14.5. The molecule has 2 aromatic carbocycles. The average molecular weight is 451 g/mol. The van der Waals surface area contributed by atoms with Crippen molar-refractivity contribution in [3.8, 4) is 11.1 Å². The van der Waals surface area contributed by atoms with Gasteiger partial charge in [0, 0.05) is 48.3 Å². The Labute approximate surface area is 192 Å². The van der Waals surface area contributed by atoms with Gasteiger partial charge in [-0.1, -0.05) is 42.5 Å². The van der Waals surface area contributed by atoms with Gasteiger partial charge in [-0.25, -0.2) is 8.78 Å². The van der Waals surface area contributed by atoms with E-state index in [1.165, 1.54) is 12.1 Å². The number of carbonyl (C=O) groups excluding carboxylic acids is 1. The number of fused-ring (bicyclic) bond motifs is 1. The Hall–Kier alpha value is -2.86. The first-order valence-electron chi connectivity index (χ1n) is 11.7. The van der Waals surface area contributed by atoms with Crippen LogP contribution < -0.4 is 0 Å². The lowest BCUT2D eigenvalue weighted by atomic mass is 9.85. The zero-order valence-electron chi connectivity index (χ0n) is 18.8. The summed E-state index contributed by atoms with van der Waals surface area (Å²) in [5.74, 6) is -3.76. The zero-order chi connectivity index (χ0) is 23.0. The van der Waals surface area contributed by atoms with Crippen LogP contribution in [0.25, 0.3) is 22.0 Å². The molecule has 1 aromatic heterocycles. The van der Waals surface area contributed by atoms with Crippen LogP contribution in [0.3, 0.4) is 0 Å². The third-order valence-corrected chi connectivity index (χ3v) is 7.15. The van der Waals surface area contributed by atoms with Crippen molar-refractivity contribution in [2.24, 2.45) is 5.92 Å². The van der Waals surface area contributed by atoms with Crippen LogP contribution in [0.5, 0.6) is 0 Å². The first-order valence-corrected chi connectivity index (χ1v) is 11.7. The number of alkyl halides is 2. The number of piperidine rings is 1. The largest absolute Gasteiger partial charge is 0.368 e. The molecule has 2 aliphatic rings. The standard InChI is InChI=1S/C27H28F2N2O2/c1-18-22-5-2-3-6-24(22)30-17-23(18)19-8-10-20(11-9-19)27(28,29)21-12-14-31(15-13-21)26(32)25-7-4-16-33-25/h2-3,5-6,8-11,17,21,25H,4,7,12-16H2,1H3/t25-/m1/s1. The Kier molecular flexibility index (Phi) is 5.87. The molecular weight excluding hydrogens is 422 g/mol. The molecule has 4 nitrogen and oxygen atoms in total. The lowest BCUT2D eigenvalue weighted by Gasteiger charge is -2.36. The van der Waals surface area contributed by atoms with Gasteiger partial charge < -0.3 is 9.64 Å². The van der Waals surface area contributed by atoms with Crippen LogP contribution in [0.4, 0.5) is 8.78 Å². The summed E-state index contributed by atoms with van der Waals surface area (Å²) in [5.41, 5.74) is 3.86. The van der Waals surface area contributed by atoms with E-state index in [2.05, 4.69) is 4.98 Å². The van der Waals surface area contributed by atoms with Crippen LogP contribution in [0, 0.1) is 12.8 Å². The Bertz CT molecular complexity index is 1150. The number of pyridine rings is 1. The number of aryl methyl sites for hydroxylation is 1. The molecule has 0 unspecified atom stereocenters. The number of nitrogens with zero attached hydrogens (tertiary/aromatic N) is 2. The molecule has 3 aromatic rings. The van der Waals surface area contributed by atoms with Gasteiger partial charge in [-0.15, -0.1) is 0 Å². The van der Waals surface area contributed by atoms with E-state index in [9.17, 15) is 4.79 Å². The minimum atomic E-state index is -2.94. The molecule has 0 bridgehead atoms. The van der Waals surface area contributed by atoms with Gasteiger partial charge in [-0.05, 0) is 49.8 Å². The number of likely N-dealkylation sites (tertiary alicyclic amines) is 1. The van der Waals surface area contributed by atoms with Gasteiger partial charge in [0.05, 0.1) is 5.52 Å². The van der Waals surface area contributed by atoms with Crippen molar-refractivity contribution in [2.45, 2.75) is 44.6 Å². The zero-order valence-corrected chi connectivity index (χ0v) is 18.8. The topological polar surface area (TPSA) is 42.4 Å². The van der Waals surface area contributed by atoms with Crippen LogP contribution in [-0.2, 0) is 15.5 Å². The van der Waals surface area contributed by atoms with Gasteiger partial charge in [0.1, 0.15) is 6.10 Å². The van der Waals surface area contributed by atoms with Crippen molar-refractivity contribution in [3.05, 3.63) is 65.9 Å². The monoisotopic (exact) mass is 450 g/mol. The summed E-state index contributed by atoms with van der Waals surface area (Å²) in [5, 5.41) is 1.06. The molecule has 0 saturated carbocycles. The number of hydrogen-bond acceptors (Lipinski definition) is 3. The number of hydrogen-bond donors (Lipinski definition) is 0. The molecule has 172 valence electrons. The molecule has 0 radical (unpaired) electrons. The van der Waals surface area contributed by atoms with Crippen molar-refractivity contribution in [3.63, 3.8) is 0 Å². The third kappa shape index (κ3) is 4.12. The van der Waals surface area contributed by atoms with Gasteiger partial charge >= 0.3 is 0 Å². The second kappa shape index (κ2) is 8.82. The molecule has 1 atom stereocenters. The highest BCUT2D eigenvalue weighted by Gasteiger charge is 2.43. The summed E-state index contributed by atoms with van der Waals surface area (Å²) in [4.78, 5) is 18.7. The first-order chi connectivity index (χ1) is 15.9. The van der Waals surface area contributed by atoms with Crippen molar-refractivity contribution in [2.75, 3.05) is 19.7 Å². The minimum Gasteiger partial charge on any atom is -0.368 e. The van der Waals surface area contributed by atoms with Gasteiger partial charge in [-0.2, -0.15) is 0 Å². The Morgan fingerprint density at radius 2 is 1.79 bits per heavy atom. The number of amides is 1. The molecule has 2 fully saturated rings. The van der Waals surface area contributed by atoms with E-state index in [0.717, 1.165) is 40.4 Å². The highest BCUT2D eigenvalue weighted by atomic mass is 19.3. The van der Waals surface area contributed by atoms with Crippen LogP contribution in [0.2, 0.25) is 0 Å². The fourth-order valence-corrected chi connectivity index (χ4v) is 5.12. The predicted octanol–water partition coefficient (Wildman–Crippen LogP) is 5.72. The van der Waals surface area contributed by atoms with Crippen LogP contribution in [0.1, 0.15) is 36.8 Å². The number of benzene rings is 2. The van der Waals surface area contributed by atoms with E-state index in [4.69, 9.17) is 4.74 Å². The van der Waals surface area contributed by atoms with E-state index >= 15 is 8.78 Å². The number of carbonyl (C=O) groups is 1. The number of halogens is 2. The van der Waals surface area contributed by atoms with E-state index in [0.29, 0.717) is 32.5 Å². The van der Waals surface area contributed by atoms with Gasteiger partial charge in [-0.3, -0.25) is 9.78 Å². The van der Waals surface area contributed by atoms with E-state index in [-0.39, 0.29) is 17.6 Å². The molecule has 6 heteroatoms. The Morgan fingerprint density at radius 3 is 2.48 bits per heavy atom. The molecule has 2 saturated heterocycles. The molecule has 0 spiro atoms. The first kappa shape index (κ1) is 22.0. The third-order valence-electron chi connectivity index (χ3n) is 7.15. The lowest BCUT2D eigenvalue weighted by Crippen LogP contribution is -2.46. The highest BCUT2D eigenvalue weighted by Crippen LogP contribution is 2.42. The van der Waals surface area contributed by atoms with Gasteiger partial charge in [0.15, 0.2) is 0 Å². The molecule has 0 N–H and O–H groups in total. The minimum absolute atomic E-state index is 0.0292. The molecule has 5 rings (SSSR count). The quantitative estimate of drug-likeness (QED) is 0.511. The molecule has 1 amide bonds. The smallest absolute Gasteiger partial charge is 0.276 e. The van der Waals surface area contributed by atoms with Crippen molar-refractivity contribution < 1.29 is 18.3 Å². The van der Waals surface area contributed by atoms with Gasteiger partial charge in [0.2, 0.25) is 0 Å². The Balaban J connectivity index is 1.30. The van der Waals surface area contributed by atoms with Crippen LogP contribution in [-0.4, -0.2) is 41.6 Å². The highest BCUT2D eigenvalue weighted by molar-refractivity contribution is 5.88. The summed E-state index contributed by atoms with van der Waals surface area (Å²) in [6.07, 6.45) is 3.62. The fourth-order valence-electron chi connectivity index (χ4n) is 5.12.